The van der Waals surface area contributed by atoms with Gasteiger partial charge in [0.2, 0.25) is 5.95 Å². The van der Waals surface area contributed by atoms with Crippen molar-refractivity contribution >= 4 is 5.95 Å². The Bertz CT molecular complexity index is 540. The molecule has 0 aliphatic heterocycles. The lowest BCUT2D eigenvalue weighted by molar-refractivity contribution is -0.00000489. The summed E-state index contributed by atoms with van der Waals surface area (Å²) in [6.07, 6.45) is 3.55. The van der Waals surface area contributed by atoms with Crippen LogP contribution < -0.4 is 22.0 Å². The molecule has 0 aliphatic carbocycles. The van der Waals surface area contributed by atoms with Crippen LogP contribution in [0.3, 0.4) is 0 Å². The largest absolute Gasteiger partial charge is 1.00 e. The Hall–Kier alpha value is -1.85. The second-order valence-corrected chi connectivity index (χ2v) is 5.12. The smallest absolute Gasteiger partial charge is 1.00 e. The molecular formula is C16H23ClN4O. The average Bonchev–Trinajstić information content (AvgIpc) is 2.52. The van der Waals surface area contributed by atoms with Crippen LogP contribution in [-0.4, -0.2) is 49.2 Å². The molecule has 0 aliphatic rings. The number of hydrogen-bond acceptors (Lipinski definition) is 5. The predicted octanol–water partition coefficient (Wildman–Crippen LogP) is -0.830. The molecule has 2 rings (SSSR count). The minimum Gasteiger partial charge on any atom is -1.00 e. The molecule has 0 amide bonds. The van der Waals surface area contributed by atoms with E-state index in [0.717, 1.165) is 31.3 Å². The molecule has 22 heavy (non-hydrogen) atoms. The quantitative estimate of drug-likeness (QED) is 0.665. The van der Waals surface area contributed by atoms with Gasteiger partial charge < -0.3 is 26.9 Å². The van der Waals surface area contributed by atoms with E-state index in [-0.39, 0.29) is 13.8 Å². The summed E-state index contributed by atoms with van der Waals surface area (Å²) in [6, 6.07) is 9.94. The van der Waals surface area contributed by atoms with Crippen LogP contribution in [0.4, 0.5) is 5.95 Å². The highest BCUT2D eigenvalue weighted by atomic mass is 35.5. The van der Waals surface area contributed by atoms with Gasteiger partial charge in [0, 0.05) is 32.0 Å². The van der Waals surface area contributed by atoms with Gasteiger partial charge in [-0.3, -0.25) is 0 Å². The first-order chi connectivity index (χ1) is 10.2. The van der Waals surface area contributed by atoms with Crippen LogP contribution in [-0.2, 0) is 6.54 Å². The average molecular weight is 323 g/mol. The molecule has 0 saturated heterocycles. The Kier molecular flexibility index (Phi) is 7.63. The maximum Gasteiger partial charge on any atom is 1.00 e. The van der Waals surface area contributed by atoms with Gasteiger partial charge in [0.15, 0.2) is 0 Å². The van der Waals surface area contributed by atoms with Crippen molar-refractivity contribution in [2.45, 2.75) is 6.54 Å². The lowest BCUT2D eigenvalue weighted by Crippen LogP contribution is -3.00. The van der Waals surface area contributed by atoms with E-state index in [2.05, 4.69) is 46.0 Å². The summed E-state index contributed by atoms with van der Waals surface area (Å²) in [4.78, 5) is 13.1. The van der Waals surface area contributed by atoms with E-state index in [1.54, 1.807) is 19.5 Å². The van der Waals surface area contributed by atoms with Crippen molar-refractivity contribution in [2.75, 3.05) is 39.2 Å². The van der Waals surface area contributed by atoms with Gasteiger partial charge >= 0.3 is 1.43 Å². The number of benzene rings is 1. The highest BCUT2D eigenvalue weighted by molar-refractivity contribution is 5.34. The number of nitrogens with zero attached hydrogens (tertiary/aromatic N) is 4. The van der Waals surface area contributed by atoms with Crippen LogP contribution >= 0.6 is 0 Å². The Labute approximate surface area is 139 Å². The van der Waals surface area contributed by atoms with Crippen LogP contribution in [0.2, 0.25) is 0 Å². The molecule has 5 nitrogen and oxygen atoms in total. The van der Waals surface area contributed by atoms with Crippen LogP contribution in [0.15, 0.2) is 42.7 Å². The summed E-state index contributed by atoms with van der Waals surface area (Å²) < 4.78 is 5.19. The SMILES string of the molecule is COc1ccc(CN(CCN(C)C)c2ncccn2)cc1.[Cl-].[H+]. The zero-order chi connectivity index (χ0) is 15.1. The van der Waals surface area contributed by atoms with E-state index in [0.29, 0.717) is 0 Å². The second-order valence-electron chi connectivity index (χ2n) is 5.12. The normalized spacial score (nSPS) is 10.2. The minimum atomic E-state index is 0. The Morgan fingerprint density at radius 1 is 1.05 bits per heavy atom. The van der Waals surface area contributed by atoms with E-state index in [4.69, 9.17) is 4.74 Å². The molecule has 0 atom stereocenters. The van der Waals surface area contributed by atoms with Crippen molar-refractivity contribution in [3.05, 3.63) is 48.3 Å². The molecule has 0 radical (unpaired) electrons. The second kappa shape index (κ2) is 9.23. The van der Waals surface area contributed by atoms with Crippen molar-refractivity contribution in [3.8, 4) is 5.75 Å². The van der Waals surface area contributed by atoms with E-state index in [1.165, 1.54) is 5.56 Å². The molecule has 0 bridgehead atoms. The molecule has 120 valence electrons. The third-order valence-electron chi connectivity index (χ3n) is 3.18. The lowest BCUT2D eigenvalue weighted by Gasteiger charge is -2.24. The first-order valence-corrected chi connectivity index (χ1v) is 6.98. The molecule has 2 aromatic rings. The topological polar surface area (TPSA) is 41.5 Å². The van der Waals surface area contributed by atoms with Gasteiger partial charge in [-0.05, 0) is 37.9 Å². The minimum absolute atomic E-state index is 0. The number of halogens is 1. The maximum absolute atomic E-state index is 5.19. The molecule has 1 aromatic heterocycles. The molecule has 1 aromatic carbocycles. The van der Waals surface area contributed by atoms with E-state index < -0.39 is 0 Å². The number of aromatic nitrogens is 2. The summed E-state index contributed by atoms with van der Waals surface area (Å²) in [5.41, 5.74) is 1.21. The van der Waals surface area contributed by atoms with Crippen molar-refractivity contribution < 1.29 is 18.6 Å². The number of hydrogen-bond donors (Lipinski definition) is 0. The highest BCUT2D eigenvalue weighted by Gasteiger charge is 2.10. The number of anilines is 1. The molecule has 0 N–H and O–H groups in total. The van der Waals surface area contributed by atoms with Gasteiger partial charge in [-0.1, -0.05) is 12.1 Å². The van der Waals surface area contributed by atoms with Crippen molar-refractivity contribution in [2.24, 2.45) is 0 Å². The third kappa shape index (κ3) is 5.50. The van der Waals surface area contributed by atoms with E-state index in [9.17, 15) is 0 Å². The molecular weight excluding hydrogens is 300 g/mol. The fourth-order valence-electron chi connectivity index (χ4n) is 1.98. The zero-order valence-corrected chi connectivity index (χ0v) is 14.0. The van der Waals surface area contributed by atoms with E-state index >= 15 is 0 Å². The summed E-state index contributed by atoms with van der Waals surface area (Å²) in [5.74, 6) is 1.63. The van der Waals surface area contributed by atoms with E-state index in [1.807, 2.05) is 18.2 Å². The summed E-state index contributed by atoms with van der Waals surface area (Å²) >= 11 is 0. The zero-order valence-electron chi connectivity index (χ0n) is 14.2. The van der Waals surface area contributed by atoms with Crippen LogP contribution in [0, 0.1) is 0 Å². The summed E-state index contributed by atoms with van der Waals surface area (Å²) in [5, 5.41) is 0. The number of likely N-dealkylation sites (N-methyl/N-ethyl adjacent to an activating group) is 1. The van der Waals surface area contributed by atoms with Gasteiger partial charge in [0.05, 0.1) is 7.11 Å². The van der Waals surface area contributed by atoms with Gasteiger partial charge in [-0.15, -0.1) is 0 Å². The summed E-state index contributed by atoms with van der Waals surface area (Å²) in [7, 11) is 5.81. The molecule has 0 spiro atoms. The standard InChI is InChI=1S/C16H22N4O.ClH/c1-19(2)11-12-20(16-17-9-4-10-18-16)13-14-5-7-15(21-3)8-6-14;/h4-10H,11-13H2,1-3H3;1H. The van der Waals surface area contributed by atoms with Gasteiger partial charge in [0.25, 0.3) is 0 Å². The third-order valence-corrected chi connectivity index (χ3v) is 3.18. The Balaban J connectivity index is 0.00000242. The van der Waals surface area contributed by atoms with Crippen LogP contribution in [0.5, 0.6) is 5.75 Å². The van der Waals surface area contributed by atoms with Gasteiger partial charge in [-0.2, -0.15) is 0 Å². The van der Waals surface area contributed by atoms with Crippen molar-refractivity contribution in [1.29, 1.82) is 0 Å². The Morgan fingerprint density at radius 2 is 1.68 bits per heavy atom. The molecule has 1 heterocycles. The number of rotatable bonds is 7. The first-order valence-electron chi connectivity index (χ1n) is 6.98. The maximum atomic E-state index is 5.19. The lowest BCUT2D eigenvalue weighted by atomic mass is 10.2. The summed E-state index contributed by atoms with van der Waals surface area (Å²) in [6.45, 7) is 2.61. The van der Waals surface area contributed by atoms with Gasteiger partial charge in [0.1, 0.15) is 5.75 Å². The monoisotopic (exact) mass is 322 g/mol. The molecule has 6 heteroatoms. The highest BCUT2D eigenvalue weighted by Crippen LogP contribution is 2.15. The van der Waals surface area contributed by atoms with Gasteiger partial charge in [-0.25, -0.2) is 9.97 Å². The van der Waals surface area contributed by atoms with Crippen LogP contribution in [0.1, 0.15) is 6.99 Å². The van der Waals surface area contributed by atoms with Crippen LogP contribution in [0.25, 0.3) is 0 Å². The Morgan fingerprint density at radius 3 is 2.23 bits per heavy atom. The van der Waals surface area contributed by atoms with Crippen molar-refractivity contribution in [1.82, 2.24) is 14.9 Å². The number of ether oxygens (including phenoxy) is 1. The first kappa shape index (κ1) is 18.2. The predicted molar refractivity (Wildman–Crippen MR) is 85.7 cm³/mol. The molecule has 0 fully saturated rings. The fourth-order valence-corrected chi connectivity index (χ4v) is 1.98. The number of methoxy groups -OCH3 is 1. The molecule has 0 unspecified atom stereocenters. The molecule has 0 saturated carbocycles. The van der Waals surface area contributed by atoms with Crippen molar-refractivity contribution in [3.63, 3.8) is 0 Å². The fraction of sp³-hybridized carbons (Fsp3) is 0.375.